The molecule has 1 aliphatic rings. The van der Waals surface area contributed by atoms with E-state index in [1.165, 1.54) is 0 Å². The molecular weight excluding hydrogens is 152 g/mol. The Hall–Kier alpha value is -0.0800. The molecule has 1 rings (SSSR count). The molecule has 1 saturated carbocycles. The molecule has 0 aromatic rings. The minimum absolute atomic E-state index is 0.0308. The highest BCUT2D eigenvalue weighted by Crippen LogP contribution is 2.65. The number of hydrogen-bond donors (Lipinski definition) is 1. The second-order valence-electron chi connectivity index (χ2n) is 4.47. The first-order valence-corrected chi connectivity index (χ1v) is 4.72. The standard InChI is InChI=1S/C10H20O2/c1-5-12-8(2)10(7-11)6-9(10,3)4/h8,11H,5-7H2,1-4H3. The van der Waals surface area contributed by atoms with E-state index >= 15 is 0 Å². The summed E-state index contributed by atoms with van der Waals surface area (Å²) in [6.07, 6.45) is 1.26. The summed E-state index contributed by atoms with van der Waals surface area (Å²) in [5.74, 6) is 0. The number of hydrogen-bond acceptors (Lipinski definition) is 2. The molecule has 0 spiro atoms. The molecule has 2 atom stereocenters. The average Bonchev–Trinajstić information content (AvgIpc) is 2.55. The Morgan fingerprint density at radius 1 is 1.50 bits per heavy atom. The van der Waals surface area contributed by atoms with E-state index in [0.29, 0.717) is 0 Å². The molecular formula is C10H20O2. The highest BCUT2D eigenvalue weighted by atomic mass is 16.5. The van der Waals surface area contributed by atoms with Crippen LogP contribution in [0.25, 0.3) is 0 Å². The van der Waals surface area contributed by atoms with Crippen LogP contribution in [-0.2, 0) is 4.74 Å². The number of aliphatic hydroxyl groups is 1. The fourth-order valence-corrected chi connectivity index (χ4v) is 2.25. The fraction of sp³-hybridized carbons (Fsp3) is 1.00. The maximum absolute atomic E-state index is 9.31. The Labute approximate surface area is 74.9 Å². The summed E-state index contributed by atoms with van der Waals surface area (Å²) in [5.41, 5.74) is 0.291. The molecule has 0 radical (unpaired) electrons. The molecule has 2 heteroatoms. The lowest BCUT2D eigenvalue weighted by atomic mass is 9.91. The van der Waals surface area contributed by atoms with Crippen molar-refractivity contribution in [2.45, 2.75) is 40.2 Å². The quantitative estimate of drug-likeness (QED) is 0.701. The summed E-state index contributed by atoms with van der Waals surface area (Å²) in [6, 6.07) is 0. The molecule has 2 nitrogen and oxygen atoms in total. The van der Waals surface area contributed by atoms with Gasteiger partial charge in [-0.3, -0.25) is 0 Å². The van der Waals surface area contributed by atoms with Gasteiger partial charge in [0.05, 0.1) is 12.7 Å². The zero-order valence-corrected chi connectivity index (χ0v) is 8.55. The molecule has 12 heavy (non-hydrogen) atoms. The molecule has 0 heterocycles. The van der Waals surface area contributed by atoms with E-state index in [2.05, 4.69) is 20.8 Å². The van der Waals surface area contributed by atoms with Gasteiger partial charge in [-0.05, 0) is 25.7 Å². The lowest BCUT2D eigenvalue weighted by molar-refractivity contribution is -0.0161. The molecule has 72 valence electrons. The lowest BCUT2D eigenvalue weighted by Crippen LogP contribution is -2.30. The van der Waals surface area contributed by atoms with Crippen molar-refractivity contribution < 1.29 is 9.84 Å². The Balaban J connectivity index is 2.59. The second-order valence-corrected chi connectivity index (χ2v) is 4.47. The van der Waals surface area contributed by atoms with E-state index in [-0.39, 0.29) is 23.5 Å². The summed E-state index contributed by atoms with van der Waals surface area (Å²) in [5, 5.41) is 9.31. The van der Waals surface area contributed by atoms with Gasteiger partial charge in [0, 0.05) is 12.0 Å². The van der Waals surface area contributed by atoms with Crippen LogP contribution >= 0.6 is 0 Å². The van der Waals surface area contributed by atoms with Gasteiger partial charge in [-0.1, -0.05) is 13.8 Å². The zero-order chi connectivity index (χ0) is 9.41. The van der Waals surface area contributed by atoms with Gasteiger partial charge >= 0.3 is 0 Å². The molecule has 0 bridgehead atoms. The van der Waals surface area contributed by atoms with E-state index in [1.54, 1.807) is 0 Å². The van der Waals surface area contributed by atoms with Crippen LogP contribution in [0.15, 0.2) is 0 Å². The van der Waals surface area contributed by atoms with Crippen molar-refractivity contribution in [2.24, 2.45) is 10.8 Å². The van der Waals surface area contributed by atoms with Crippen molar-refractivity contribution in [1.29, 1.82) is 0 Å². The average molecular weight is 172 g/mol. The monoisotopic (exact) mass is 172 g/mol. The number of ether oxygens (including phenoxy) is 1. The van der Waals surface area contributed by atoms with E-state index in [4.69, 9.17) is 4.74 Å². The smallest absolute Gasteiger partial charge is 0.0630 e. The van der Waals surface area contributed by atoms with Gasteiger partial charge in [-0.2, -0.15) is 0 Å². The Morgan fingerprint density at radius 2 is 2.00 bits per heavy atom. The van der Waals surface area contributed by atoms with Crippen LogP contribution < -0.4 is 0 Å². The molecule has 0 aliphatic heterocycles. The molecule has 2 unspecified atom stereocenters. The molecule has 1 N–H and O–H groups in total. The van der Waals surface area contributed by atoms with Gasteiger partial charge in [0.15, 0.2) is 0 Å². The first-order chi connectivity index (χ1) is 5.50. The minimum atomic E-state index is 0.0308. The van der Waals surface area contributed by atoms with Crippen LogP contribution in [0, 0.1) is 10.8 Å². The third-order valence-corrected chi connectivity index (χ3v) is 3.46. The van der Waals surface area contributed by atoms with Crippen LogP contribution in [0.4, 0.5) is 0 Å². The van der Waals surface area contributed by atoms with Gasteiger partial charge in [-0.15, -0.1) is 0 Å². The highest BCUT2D eigenvalue weighted by molar-refractivity contribution is 5.12. The Bertz CT molecular complexity index is 165. The summed E-state index contributed by atoms with van der Waals surface area (Å²) < 4.78 is 5.54. The van der Waals surface area contributed by atoms with Crippen LogP contribution in [0.2, 0.25) is 0 Å². The van der Waals surface area contributed by atoms with Crippen LogP contribution in [-0.4, -0.2) is 24.4 Å². The van der Waals surface area contributed by atoms with E-state index in [1.807, 2.05) is 6.92 Å². The zero-order valence-electron chi connectivity index (χ0n) is 8.55. The van der Waals surface area contributed by atoms with Gasteiger partial charge in [0.25, 0.3) is 0 Å². The summed E-state index contributed by atoms with van der Waals surface area (Å²) in [6.45, 7) is 9.43. The van der Waals surface area contributed by atoms with E-state index in [0.717, 1.165) is 13.0 Å². The van der Waals surface area contributed by atoms with Crippen LogP contribution in [0.1, 0.15) is 34.1 Å². The van der Waals surface area contributed by atoms with Crippen molar-refractivity contribution in [3.63, 3.8) is 0 Å². The summed E-state index contributed by atoms with van der Waals surface area (Å²) in [7, 11) is 0. The molecule has 0 aromatic heterocycles. The van der Waals surface area contributed by atoms with Crippen LogP contribution in [0.5, 0.6) is 0 Å². The summed E-state index contributed by atoms with van der Waals surface area (Å²) in [4.78, 5) is 0. The fourth-order valence-electron chi connectivity index (χ4n) is 2.25. The van der Waals surface area contributed by atoms with Crippen molar-refractivity contribution in [3.8, 4) is 0 Å². The van der Waals surface area contributed by atoms with Gasteiger partial charge < -0.3 is 9.84 Å². The highest BCUT2D eigenvalue weighted by Gasteiger charge is 2.63. The largest absolute Gasteiger partial charge is 0.396 e. The topological polar surface area (TPSA) is 29.5 Å². The molecule has 0 aromatic carbocycles. The molecule has 0 amide bonds. The van der Waals surface area contributed by atoms with Gasteiger partial charge in [-0.25, -0.2) is 0 Å². The normalized spacial score (nSPS) is 34.8. The molecule has 0 saturated heterocycles. The Kier molecular flexibility index (Phi) is 2.50. The first-order valence-electron chi connectivity index (χ1n) is 4.72. The second kappa shape index (κ2) is 3.00. The number of rotatable bonds is 4. The van der Waals surface area contributed by atoms with Gasteiger partial charge in [0.1, 0.15) is 0 Å². The predicted octanol–water partition coefficient (Wildman–Crippen LogP) is 1.82. The van der Waals surface area contributed by atoms with Crippen molar-refractivity contribution in [3.05, 3.63) is 0 Å². The maximum atomic E-state index is 9.31. The van der Waals surface area contributed by atoms with Crippen molar-refractivity contribution in [2.75, 3.05) is 13.2 Å². The molecule has 1 aliphatic carbocycles. The van der Waals surface area contributed by atoms with Crippen molar-refractivity contribution in [1.82, 2.24) is 0 Å². The summed E-state index contributed by atoms with van der Waals surface area (Å²) >= 11 is 0. The van der Waals surface area contributed by atoms with Crippen LogP contribution in [0.3, 0.4) is 0 Å². The van der Waals surface area contributed by atoms with E-state index < -0.39 is 0 Å². The number of aliphatic hydroxyl groups excluding tert-OH is 1. The van der Waals surface area contributed by atoms with Gasteiger partial charge in [0.2, 0.25) is 0 Å². The predicted molar refractivity (Wildman–Crippen MR) is 49.0 cm³/mol. The van der Waals surface area contributed by atoms with E-state index in [9.17, 15) is 5.11 Å². The first kappa shape index (κ1) is 10.0. The molecule has 1 fully saturated rings. The third-order valence-electron chi connectivity index (χ3n) is 3.46. The van der Waals surface area contributed by atoms with Crippen molar-refractivity contribution >= 4 is 0 Å². The maximum Gasteiger partial charge on any atom is 0.0630 e. The Morgan fingerprint density at radius 3 is 2.25 bits per heavy atom. The SMILES string of the molecule is CCOC(C)C1(CO)CC1(C)C. The third kappa shape index (κ3) is 1.27. The lowest BCUT2D eigenvalue weighted by Gasteiger charge is -2.25. The minimum Gasteiger partial charge on any atom is -0.396 e.